The molecule has 1 heterocycles. The molecule has 0 amide bonds. The molecule has 0 spiro atoms. The molecule has 1 aliphatic rings. The number of benzene rings is 1. The Kier molecular flexibility index (Phi) is 5.05. The molecule has 1 saturated heterocycles. The zero-order chi connectivity index (χ0) is 15.5. The van der Waals surface area contributed by atoms with Crippen LogP contribution < -0.4 is 10.1 Å². The molecule has 7 heteroatoms. The van der Waals surface area contributed by atoms with Crippen molar-refractivity contribution in [3.8, 4) is 5.75 Å². The number of sulfone groups is 1. The van der Waals surface area contributed by atoms with Gasteiger partial charge in [0.1, 0.15) is 5.75 Å². The summed E-state index contributed by atoms with van der Waals surface area (Å²) in [5.41, 5.74) is 0.832. The Labute approximate surface area is 131 Å². The summed E-state index contributed by atoms with van der Waals surface area (Å²) in [4.78, 5) is 1.94. The second-order valence-corrected chi connectivity index (χ2v) is 7.62. The van der Waals surface area contributed by atoms with E-state index in [1.165, 1.54) is 0 Å². The number of nitrogens with zero attached hydrogens (tertiary/aromatic N) is 1. The maximum Gasteiger partial charge on any atom is 0.173 e. The van der Waals surface area contributed by atoms with Crippen molar-refractivity contribution < 1.29 is 13.2 Å². The largest absolute Gasteiger partial charge is 0.497 e. The molecule has 1 aliphatic heterocycles. The second-order valence-electron chi connectivity index (χ2n) is 5.00. The van der Waals surface area contributed by atoms with Gasteiger partial charge < -0.3 is 15.0 Å². The van der Waals surface area contributed by atoms with Crippen molar-refractivity contribution in [2.24, 2.45) is 0 Å². The van der Waals surface area contributed by atoms with Gasteiger partial charge in [0.05, 0.1) is 18.6 Å². The molecule has 116 valence electrons. The van der Waals surface area contributed by atoms with Crippen LogP contribution in [0.2, 0.25) is 0 Å². The molecule has 0 saturated carbocycles. The first-order chi connectivity index (χ1) is 9.95. The Hall–Kier alpha value is -1.34. The van der Waals surface area contributed by atoms with Crippen LogP contribution >= 0.6 is 12.2 Å². The van der Waals surface area contributed by atoms with E-state index in [4.69, 9.17) is 17.0 Å². The standard InChI is InChI=1S/C14H20N2O3S2/c1-3-16(12-7-8-21(17,18)10-12)14(20)15-11-5-4-6-13(9-11)19-2/h4-6,9,12H,3,7-8,10H2,1-2H3,(H,15,20)/t12-/m1/s1. The number of rotatable bonds is 4. The summed E-state index contributed by atoms with van der Waals surface area (Å²) in [7, 11) is -1.31. The minimum absolute atomic E-state index is 0.0365. The molecule has 0 radical (unpaired) electrons. The summed E-state index contributed by atoms with van der Waals surface area (Å²) in [5, 5.41) is 3.70. The Morgan fingerprint density at radius 1 is 1.52 bits per heavy atom. The van der Waals surface area contributed by atoms with Gasteiger partial charge in [-0.3, -0.25) is 0 Å². The Balaban J connectivity index is 2.06. The third-order valence-corrected chi connectivity index (χ3v) is 5.66. The van der Waals surface area contributed by atoms with E-state index in [2.05, 4.69) is 5.32 Å². The predicted octanol–water partition coefficient (Wildman–Crippen LogP) is 1.90. The fourth-order valence-electron chi connectivity index (χ4n) is 2.48. The van der Waals surface area contributed by atoms with Gasteiger partial charge in [0.25, 0.3) is 0 Å². The van der Waals surface area contributed by atoms with Crippen LogP contribution in [0.3, 0.4) is 0 Å². The first kappa shape index (κ1) is 16.0. The van der Waals surface area contributed by atoms with E-state index in [0.29, 0.717) is 18.1 Å². The van der Waals surface area contributed by atoms with Crippen LogP contribution in [0, 0.1) is 0 Å². The highest BCUT2D eigenvalue weighted by Gasteiger charge is 2.32. The van der Waals surface area contributed by atoms with Gasteiger partial charge in [-0.25, -0.2) is 8.42 Å². The summed E-state index contributed by atoms with van der Waals surface area (Å²) in [6, 6.07) is 7.44. The lowest BCUT2D eigenvalue weighted by atomic mass is 10.2. The molecular weight excluding hydrogens is 308 g/mol. The van der Waals surface area contributed by atoms with E-state index in [0.717, 1.165) is 11.4 Å². The Bertz CT molecular complexity index is 616. The zero-order valence-corrected chi connectivity index (χ0v) is 13.8. The highest BCUT2D eigenvalue weighted by Crippen LogP contribution is 2.21. The lowest BCUT2D eigenvalue weighted by Gasteiger charge is -2.29. The number of ether oxygens (including phenoxy) is 1. The van der Waals surface area contributed by atoms with Crippen molar-refractivity contribution >= 4 is 32.9 Å². The van der Waals surface area contributed by atoms with Crippen molar-refractivity contribution in [1.82, 2.24) is 4.90 Å². The molecule has 0 unspecified atom stereocenters. The second kappa shape index (κ2) is 6.62. The monoisotopic (exact) mass is 328 g/mol. The third kappa shape index (κ3) is 4.07. The zero-order valence-electron chi connectivity index (χ0n) is 12.2. The highest BCUT2D eigenvalue weighted by molar-refractivity contribution is 7.91. The summed E-state index contributed by atoms with van der Waals surface area (Å²) in [6.07, 6.45) is 0.635. The molecule has 0 bridgehead atoms. The molecule has 1 atom stereocenters. The van der Waals surface area contributed by atoms with Gasteiger partial charge in [-0.1, -0.05) is 6.07 Å². The number of hydrogen-bond donors (Lipinski definition) is 1. The molecule has 2 rings (SSSR count). The van der Waals surface area contributed by atoms with E-state index in [9.17, 15) is 8.42 Å². The molecule has 0 aromatic heterocycles. The number of methoxy groups -OCH3 is 1. The molecule has 1 N–H and O–H groups in total. The normalized spacial score (nSPS) is 20.0. The van der Waals surface area contributed by atoms with Gasteiger partial charge in [0.2, 0.25) is 0 Å². The quantitative estimate of drug-likeness (QED) is 0.852. The van der Waals surface area contributed by atoms with Gasteiger partial charge in [-0.2, -0.15) is 0 Å². The van der Waals surface area contributed by atoms with Crippen LogP contribution in [0.4, 0.5) is 5.69 Å². The number of nitrogens with one attached hydrogen (secondary N) is 1. The van der Waals surface area contributed by atoms with Crippen LogP contribution in [-0.4, -0.2) is 49.6 Å². The van der Waals surface area contributed by atoms with Crippen molar-refractivity contribution in [3.05, 3.63) is 24.3 Å². The predicted molar refractivity (Wildman–Crippen MR) is 88.7 cm³/mol. The van der Waals surface area contributed by atoms with Crippen LogP contribution in [0.1, 0.15) is 13.3 Å². The molecule has 1 aromatic carbocycles. The minimum Gasteiger partial charge on any atom is -0.497 e. The lowest BCUT2D eigenvalue weighted by molar-refractivity contribution is 0.355. The van der Waals surface area contributed by atoms with Gasteiger partial charge in [-0.15, -0.1) is 0 Å². The third-order valence-electron chi connectivity index (χ3n) is 3.57. The van der Waals surface area contributed by atoms with Gasteiger partial charge in [-0.05, 0) is 37.7 Å². The summed E-state index contributed by atoms with van der Waals surface area (Å²) in [6.45, 7) is 2.65. The van der Waals surface area contributed by atoms with Crippen molar-refractivity contribution in [2.45, 2.75) is 19.4 Å². The van der Waals surface area contributed by atoms with E-state index < -0.39 is 9.84 Å². The summed E-state index contributed by atoms with van der Waals surface area (Å²) < 4.78 is 28.4. The highest BCUT2D eigenvalue weighted by atomic mass is 32.2. The van der Waals surface area contributed by atoms with Gasteiger partial charge >= 0.3 is 0 Å². The molecule has 0 aliphatic carbocycles. The van der Waals surface area contributed by atoms with Crippen molar-refractivity contribution in [1.29, 1.82) is 0 Å². The number of thiocarbonyl (C=S) groups is 1. The summed E-state index contributed by atoms with van der Waals surface area (Å²) in [5.74, 6) is 1.17. The smallest absolute Gasteiger partial charge is 0.173 e. The molecule has 1 aromatic rings. The first-order valence-corrected chi connectivity index (χ1v) is 9.10. The Morgan fingerprint density at radius 2 is 2.29 bits per heavy atom. The number of hydrogen-bond acceptors (Lipinski definition) is 4. The van der Waals surface area contributed by atoms with Crippen LogP contribution in [0.5, 0.6) is 5.75 Å². The topological polar surface area (TPSA) is 58.6 Å². The van der Waals surface area contributed by atoms with E-state index >= 15 is 0 Å². The molecular formula is C14H20N2O3S2. The maximum absolute atomic E-state index is 11.6. The number of anilines is 1. The first-order valence-electron chi connectivity index (χ1n) is 6.87. The fraction of sp³-hybridized carbons (Fsp3) is 0.500. The van der Waals surface area contributed by atoms with Crippen LogP contribution in [-0.2, 0) is 9.84 Å². The molecule has 21 heavy (non-hydrogen) atoms. The average Bonchev–Trinajstić information content (AvgIpc) is 2.80. The summed E-state index contributed by atoms with van der Waals surface area (Å²) >= 11 is 5.43. The van der Waals surface area contributed by atoms with Gasteiger partial charge in [0, 0.05) is 24.3 Å². The minimum atomic E-state index is -2.92. The Morgan fingerprint density at radius 3 is 2.86 bits per heavy atom. The van der Waals surface area contributed by atoms with E-state index in [-0.39, 0.29) is 17.5 Å². The maximum atomic E-state index is 11.6. The van der Waals surface area contributed by atoms with Crippen LogP contribution in [0.25, 0.3) is 0 Å². The fourth-order valence-corrected chi connectivity index (χ4v) is 4.61. The van der Waals surface area contributed by atoms with Crippen molar-refractivity contribution in [3.63, 3.8) is 0 Å². The van der Waals surface area contributed by atoms with E-state index in [1.54, 1.807) is 7.11 Å². The van der Waals surface area contributed by atoms with Crippen molar-refractivity contribution in [2.75, 3.05) is 30.5 Å². The average molecular weight is 328 g/mol. The lowest BCUT2D eigenvalue weighted by Crippen LogP contribution is -2.43. The SMILES string of the molecule is CCN(C(=S)Nc1cccc(OC)c1)[C@@H]1CCS(=O)(=O)C1. The van der Waals surface area contributed by atoms with E-state index in [1.807, 2.05) is 36.1 Å². The van der Waals surface area contributed by atoms with Gasteiger partial charge in [0.15, 0.2) is 14.9 Å². The molecule has 5 nitrogen and oxygen atoms in total. The van der Waals surface area contributed by atoms with Crippen LogP contribution in [0.15, 0.2) is 24.3 Å². The molecule has 1 fully saturated rings.